The molecule has 0 atom stereocenters. The number of hydrogen-bond donors (Lipinski definition) is 0. The summed E-state index contributed by atoms with van der Waals surface area (Å²) < 4.78 is 30.4. The molecule has 0 unspecified atom stereocenters. The van der Waals surface area contributed by atoms with Crippen LogP contribution in [0.1, 0.15) is 50.3 Å². The van der Waals surface area contributed by atoms with Gasteiger partial charge < -0.3 is 9.04 Å². The van der Waals surface area contributed by atoms with Crippen LogP contribution in [0.3, 0.4) is 0 Å². The number of aryl methyl sites for hydroxylation is 1. The van der Waals surface area contributed by atoms with E-state index in [0.29, 0.717) is 6.26 Å². The molecule has 1 aliphatic rings. The van der Waals surface area contributed by atoms with Crippen molar-refractivity contribution in [3.63, 3.8) is 0 Å². The lowest BCUT2D eigenvalue weighted by Crippen LogP contribution is -2.49. The van der Waals surface area contributed by atoms with Crippen molar-refractivity contribution < 1.29 is 17.5 Å². The van der Waals surface area contributed by atoms with Gasteiger partial charge in [-0.2, -0.15) is 0 Å². The summed E-state index contributed by atoms with van der Waals surface area (Å²) in [5, 5.41) is 8.53. The van der Waals surface area contributed by atoms with E-state index in [1.54, 1.807) is 0 Å². The van der Waals surface area contributed by atoms with Gasteiger partial charge in [-0.3, -0.25) is 0 Å². The van der Waals surface area contributed by atoms with Gasteiger partial charge in [0.2, 0.25) is 0 Å². The highest BCUT2D eigenvalue weighted by molar-refractivity contribution is 7.84. The average Bonchev–Trinajstić information content (AvgIpc) is 3.13. The van der Waals surface area contributed by atoms with Crippen LogP contribution in [0.15, 0.2) is 30.5 Å². The lowest BCUT2D eigenvalue weighted by molar-refractivity contribution is -0.913. The number of benzene rings is 1. The molecule has 0 radical (unpaired) electrons. The lowest BCUT2D eigenvalue weighted by Gasteiger charge is -2.37. The van der Waals surface area contributed by atoms with Crippen molar-refractivity contribution in [1.82, 2.24) is 15.0 Å². The molecule has 162 valence electrons. The number of hydrogen-bond acceptors (Lipinski definition) is 5. The second-order valence-corrected chi connectivity index (χ2v) is 9.64. The van der Waals surface area contributed by atoms with E-state index in [-0.39, 0.29) is 0 Å². The molecule has 2 aromatic rings. The first-order valence-electron chi connectivity index (χ1n) is 10.4. The van der Waals surface area contributed by atoms with Gasteiger partial charge in [-0.15, -0.1) is 5.10 Å². The fraction of sp³-hybridized carbons (Fsp3) is 0.619. The summed E-state index contributed by atoms with van der Waals surface area (Å²) in [7, 11) is -1.50. The molecule has 1 aromatic carbocycles. The van der Waals surface area contributed by atoms with Crippen molar-refractivity contribution in [2.24, 2.45) is 0 Å². The van der Waals surface area contributed by atoms with Crippen LogP contribution in [0.5, 0.6) is 0 Å². The SMILES string of the molecule is CCCCc1cn(-c2ccc(CC[N+]3(C)CCCCC3)cc2)nn1.CS(=O)(=O)[O-]. The van der Waals surface area contributed by atoms with Crippen molar-refractivity contribution in [1.29, 1.82) is 0 Å². The second-order valence-electron chi connectivity index (χ2n) is 8.23. The van der Waals surface area contributed by atoms with E-state index in [1.807, 2.05) is 4.68 Å². The fourth-order valence-electron chi connectivity index (χ4n) is 3.61. The maximum atomic E-state index is 9.08. The molecule has 0 N–H and O–H groups in total. The molecule has 1 saturated heterocycles. The standard InChI is InChI=1S/C20H31N4.CH4O3S/c1-3-4-8-19-17-23(22-21-19)20-11-9-18(10-12-20)13-16-24(2)14-6-5-7-15-24;1-5(2,3)4/h9-12,17H,3-8,13-16H2,1-2H3;1H3,(H,2,3,4)/q+1;/p-1. The van der Waals surface area contributed by atoms with Crippen LogP contribution in [0.25, 0.3) is 5.69 Å². The molecule has 8 heteroatoms. The zero-order valence-corrected chi connectivity index (χ0v) is 18.7. The number of piperidine rings is 1. The Labute approximate surface area is 175 Å². The van der Waals surface area contributed by atoms with E-state index in [9.17, 15) is 0 Å². The first kappa shape index (κ1) is 23.5. The minimum Gasteiger partial charge on any atom is -0.748 e. The first-order valence-corrected chi connectivity index (χ1v) is 12.3. The smallest absolute Gasteiger partial charge is 0.0916 e. The topological polar surface area (TPSA) is 87.9 Å². The van der Waals surface area contributed by atoms with Gasteiger partial charge in [0.1, 0.15) is 0 Å². The number of likely N-dealkylation sites (N-methyl/N-ethyl adjacent to an activating group) is 1. The van der Waals surface area contributed by atoms with Crippen LogP contribution < -0.4 is 0 Å². The van der Waals surface area contributed by atoms with E-state index in [2.05, 4.69) is 54.7 Å². The summed E-state index contributed by atoms with van der Waals surface area (Å²) in [5.41, 5.74) is 3.62. The number of rotatable bonds is 7. The van der Waals surface area contributed by atoms with Crippen molar-refractivity contribution in [2.45, 2.75) is 51.9 Å². The molecule has 29 heavy (non-hydrogen) atoms. The van der Waals surface area contributed by atoms with Gasteiger partial charge in [0, 0.05) is 12.7 Å². The Morgan fingerprint density at radius 1 is 1.10 bits per heavy atom. The molecule has 3 rings (SSSR count). The van der Waals surface area contributed by atoms with Gasteiger partial charge in [0.15, 0.2) is 0 Å². The van der Waals surface area contributed by atoms with Crippen LogP contribution in [-0.4, -0.2) is 65.4 Å². The fourth-order valence-corrected chi connectivity index (χ4v) is 3.61. The maximum absolute atomic E-state index is 9.08. The summed E-state index contributed by atoms with van der Waals surface area (Å²) in [6, 6.07) is 8.84. The third kappa shape index (κ3) is 9.06. The largest absolute Gasteiger partial charge is 0.748 e. The molecular formula is C21H34N4O3S. The molecule has 2 heterocycles. The van der Waals surface area contributed by atoms with Crippen LogP contribution in [-0.2, 0) is 23.0 Å². The Bertz CT molecular complexity index is 833. The summed E-state index contributed by atoms with van der Waals surface area (Å²) in [6.07, 6.45) is 11.4. The minimum atomic E-state index is -3.92. The van der Waals surface area contributed by atoms with Gasteiger partial charge in [-0.05, 0) is 49.8 Å². The highest BCUT2D eigenvalue weighted by Crippen LogP contribution is 2.18. The summed E-state index contributed by atoms with van der Waals surface area (Å²) in [4.78, 5) is 0. The van der Waals surface area contributed by atoms with Gasteiger partial charge in [0.25, 0.3) is 0 Å². The van der Waals surface area contributed by atoms with Gasteiger partial charge in [-0.25, -0.2) is 13.1 Å². The van der Waals surface area contributed by atoms with Crippen molar-refractivity contribution in [3.8, 4) is 5.69 Å². The molecule has 0 aliphatic carbocycles. The summed E-state index contributed by atoms with van der Waals surface area (Å²) >= 11 is 0. The summed E-state index contributed by atoms with van der Waals surface area (Å²) in [5.74, 6) is 0. The third-order valence-corrected chi connectivity index (χ3v) is 5.36. The number of unbranched alkanes of at least 4 members (excludes halogenated alkanes) is 1. The first-order chi connectivity index (χ1) is 13.7. The van der Waals surface area contributed by atoms with Gasteiger partial charge >= 0.3 is 0 Å². The molecule has 7 nitrogen and oxygen atoms in total. The number of likely N-dealkylation sites (tertiary alicyclic amines) is 1. The minimum absolute atomic E-state index is 0.604. The van der Waals surface area contributed by atoms with Crippen LogP contribution in [0.4, 0.5) is 0 Å². The Kier molecular flexibility index (Phi) is 8.79. The molecule has 0 saturated carbocycles. The lowest BCUT2D eigenvalue weighted by atomic mass is 10.1. The van der Waals surface area contributed by atoms with Crippen molar-refractivity contribution >= 4 is 10.1 Å². The molecule has 0 spiro atoms. The van der Waals surface area contributed by atoms with E-state index >= 15 is 0 Å². The highest BCUT2D eigenvalue weighted by Gasteiger charge is 2.23. The third-order valence-electron chi connectivity index (χ3n) is 5.36. The van der Waals surface area contributed by atoms with Gasteiger partial charge in [-0.1, -0.05) is 30.7 Å². The quantitative estimate of drug-likeness (QED) is 0.506. The molecule has 1 aromatic heterocycles. The molecule has 0 bridgehead atoms. The molecular weight excluding hydrogens is 388 g/mol. The molecule has 1 fully saturated rings. The van der Waals surface area contributed by atoms with E-state index in [0.717, 1.165) is 24.2 Å². The normalized spacial score (nSPS) is 16.1. The Hall–Kier alpha value is -1.77. The van der Waals surface area contributed by atoms with Crippen molar-refractivity contribution in [2.75, 3.05) is 32.9 Å². The average molecular weight is 423 g/mol. The van der Waals surface area contributed by atoms with E-state index < -0.39 is 10.1 Å². The highest BCUT2D eigenvalue weighted by atomic mass is 32.2. The van der Waals surface area contributed by atoms with Gasteiger partial charge in [0.05, 0.1) is 54.4 Å². The number of quaternary nitrogens is 1. The van der Waals surface area contributed by atoms with Crippen LogP contribution in [0.2, 0.25) is 0 Å². The zero-order valence-electron chi connectivity index (χ0n) is 17.9. The van der Waals surface area contributed by atoms with Crippen LogP contribution in [0, 0.1) is 0 Å². The van der Waals surface area contributed by atoms with E-state index in [4.69, 9.17) is 13.0 Å². The Morgan fingerprint density at radius 2 is 1.72 bits per heavy atom. The molecule has 0 amide bonds. The number of aromatic nitrogens is 3. The number of nitrogens with zero attached hydrogens (tertiary/aromatic N) is 4. The Morgan fingerprint density at radius 3 is 2.31 bits per heavy atom. The zero-order chi connectivity index (χ0) is 21.3. The summed E-state index contributed by atoms with van der Waals surface area (Å²) in [6.45, 7) is 6.15. The predicted molar refractivity (Wildman–Crippen MR) is 114 cm³/mol. The van der Waals surface area contributed by atoms with Crippen molar-refractivity contribution in [3.05, 3.63) is 41.7 Å². The Balaban J connectivity index is 0.000000537. The molecule has 1 aliphatic heterocycles. The van der Waals surface area contributed by atoms with Crippen LogP contribution >= 0.6 is 0 Å². The van der Waals surface area contributed by atoms with E-state index in [1.165, 1.54) is 61.8 Å². The monoisotopic (exact) mass is 422 g/mol. The predicted octanol–water partition coefficient (Wildman–Crippen LogP) is 2.94. The second kappa shape index (κ2) is 10.8. The maximum Gasteiger partial charge on any atom is 0.0916 e.